The second-order valence-corrected chi connectivity index (χ2v) is 7.56. The molecule has 2 aromatic rings. The van der Waals surface area contributed by atoms with Gasteiger partial charge in [-0.15, -0.1) is 0 Å². The van der Waals surface area contributed by atoms with Gasteiger partial charge in [-0.3, -0.25) is 18.8 Å². The molecule has 0 amide bonds. The Morgan fingerprint density at radius 2 is 2.30 bits per heavy atom. The molecule has 1 aliphatic heterocycles. The highest BCUT2D eigenvalue weighted by Crippen LogP contribution is 2.48. The molecule has 3 rings (SSSR count). The number of aryl methyl sites for hydroxylation is 2. The van der Waals surface area contributed by atoms with Crippen LogP contribution in [-0.2, 0) is 26.9 Å². The van der Waals surface area contributed by atoms with E-state index in [9.17, 15) is 9.18 Å². The predicted octanol–water partition coefficient (Wildman–Crippen LogP) is 3.61. The van der Waals surface area contributed by atoms with E-state index in [-0.39, 0.29) is 17.5 Å². The van der Waals surface area contributed by atoms with E-state index < -0.39 is 20.0 Å². The van der Waals surface area contributed by atoms with Gasteiger partial charge in [-0.25, -0.2) is 0 Å². The molecule has 2 unspecified atom stereocenters. The van der Waals surface area contributed by atoms with Gasteiger partial charge in [0.1, 0.15) is 5.75 Å². The molecule has 10 heteroatoms. The van der Waals surface area contributed by atoms with Gasteiger partial charge >= 0.3 is 8.60 Å². The molecule has 146 valence electrons. The normalized spacial score (nSPS) is 17.2. The summed E-state index contributed by atoms with van der Waals surface area (Å²) in [5, 5.41) is 0. The molecule has 0 saturated carbocycles. The Labute approximate surface area is 162 Å². The first-order valence-electron chi connectivity index (χ1n) is 8.32. The molecule has 0 saturated heterocycles. The van der Waals surface area contributed by atoms with Crippen molar-refractivity contribution in [1.82, 2.24) is 9.55 Å². The van der Waals surface area contributed by atoms with Crippen LogP contribution in [0.5, 0.6) is 5.75 Å². The Bertz CT molecular complexity index is 919. The molecule has 2 heterocycles. The molecule has 7 nitrogen and oxygen atoms in total. The van der Waals surface area contributed by atoms with Crippen LogP contribution in [0.2, 0.25) is 0 Å². The maximum absolute atomic E-state index is 13.4. The van der Waals surface area contributed by atoms with E-state index in [1.54, 1.807) is 7.11 Å². The fraction of sp³-hybridized carbons (Fsp3) is 0.412. The first kappa shape index (κ1) is 20.1. The van der Waals surface area contributed by atoms with Crippen molar-refractivity contribution in [2.24, 2.45) is 0 Å². The number of halogens is 1. The standard InChI is InChI=1S/C17H20FN2O5PS/c1-11-4-3-5-12-9-23-26(25-15(11)12)24-10-13(22-2)6-7-20-8-14(18)16(21)19-17(20)27/h3-5,8,13H,6-7,9-10H2,1-2H3,(H,19,21,27). The SMILES string of the molecule is COC(CCn1cc(F)c(=O)[nH]c1=S)COP1OCc2cccc(C)c2O1. The van der Waals surface area contributed by atoms with Crippen LogP contribution in [0.15, 0.2) is 29.2 Å². The van der Waals surface area contributed by atoms with E-state index in [1.165, 1.54) is 4.57 Å². The van der Waals surface area contributed by atoms with E-state index in [2.05, 4.69) is 4.98 Å². The van der Waals surface area contributed by atoms with Gasteiger partial charge in [0.15, 0.2) is 4.77 Å². The van der Waals surface area contributed by atoms with Crippen LogP contribution in [0.1, 0.15) is 17.5 Å². The lowest BCUT2D eigenvalue weighted by Gasteiger charge is -2.26. The second kappa shape index (κ2) is 9.03. The number of benzene rings is 1. The zero-order valence-corrected chi connectivity index (χ0v) is 16.6. The quantitative estimate of drug-likeness (QED) is 0.551. The minimum atomic E-state index is -1.51. The summed E-state index contributed by atoms with van der Waals surface area (Å²) in [4.78, 5) is 13.5. The third-order valence-electron chi connectivity index (χ3n) is 4.14. The van der Waals surface area contributed by atoms with Gasteiger partial charge in [0.25, 0.3) is 5.56 Å². The molecule has 2 atom stereocenters. The van der Waals surface area contributed by atoms with E-state index in [4.69, 9.17) is 30.5 Å². The summed E-state index contributed by atoms with van der Waals surface area (Å²) in [7, 11) is 0.0572. The summed E-state index contributed by atoms with van der Waals surface area (Å²) in [5.74, 6) is -0.0749. The molecule has 0 bridgehead atoms. The Hall–Kier alpha value is -1.64. The van der Waals surface area contributed by atoms with Crippen molar-refractivity contribution in [1.29, 1.82) is 0 Å². The van der Waals surface area contributed by atoms with Gasteiger partial charge in [-0.2, -0.15) is 4.39 Å². The van der Waals surface area contributed by atoms with Crippen molar-refractivity contribution >= 4 is 20.8 Å². The predicted molar refractivity (Wildman–Crippen MR) is 101 cm³/mol. The third-order valence-corrected chi connectivity index (χ3v) is 5.51. The van der Waals surface area contributed by atoms with E-state index in [1.807, 2.05) is 25.1 Å². The largest absolute Gasteiger partial charge is 0.426 e. The summed E-state index contributed by atoms with van der Waals surface area (Å²) in [6, 6.07) is 5.89. The van der Waals surface area contributed by atoms with Gasteiger partial charge < -0.3 is 13.8 Å². The summed E-state index contributed by atoms with van der Waals surface area (Å²) in [6.07, 6.45) is 1.33. The molecular weight excluding hydrogens is 394 g/mol. The Kier molecular flexibility index (Phi) is 6.73. The molecular formula is C17H20FN2O5PS. The number of para-hydroxylation sites is 1. The fourth-order valence-corrected chi connectivity index (χ4v) is 3.95. The van der Waals surface area contributed by atoms with Crippen LogP contribution < -0.4 is 10.1 Å². The topological polar surface area (TPSA) is 74.7 Å². The van der Waals surface area contributed by atoms with Crippen molar-refractivity contribution in [2.75, 3.05) is 13.7 Å². The average molecular weight is 414 g/mol. The number of fused-ring (bicyclic) bond motifs is 1. The van der Waals surface area contributed by atoms with Crippen molar-refractivity contribution in [2.45, 2.75) is 32.6 Å². The maximum atomic E-state index is 13.4. The number of aromatic amines is 1. The monoisotopic (exact) mass is 414 g/mol. The van der Waals surface area contributed by atoms with Crippen molar-refractivity contribution in [3.63, 3.8) is 0 Å². The highest BCUT2D eigenvalue weighted by molar-refractivity contribution is 7.71. The van der Waals surface area contributed by atoms with Crippen LogP contribution in [0.4, 0.5) is 4.39 Å². The zero-order valence-electron chi connectivity index (χ0n) is 14.9. The lowest BCUT2D eigenvalue weighted by Crippen LogP contribution is -2.23. The lowest BCUT2D eigenvalue weighted by atomic mass is 10.1. The molecule has 1 aromatic carbocycles. The van der Waals surface area contributed by atoms with E-state index in [0.717, 1.165) is 23.1 Å². The van der Waals surface area contributed by atoms with E-state index in [0.29, 0.717) is 19.6 Å². The van der Waals surface area contributed by atoms with Gasteiger partial charge in [-0.05, 0) is 31.1 Å². The van der Waals surface area contributed by atoms with Crippen LogP contribution in [-0.4, -0.2) is 29.4 Å². The number of nitrogens with zero attached hydrogens (tertiary/aromatic N) is 1. The first-order valence-corrected chi connectivity index (χ1v) is 9.82. The summed E-state index contributed by atoms with van der Waals surface area (Å²) >= 11 is 5.04. The molecule has 0 aliphatic carbocycles. The fourth-order valence-electron chi connectivity index (χ4n) is 2.59. The van der Waals surface area contributed by atoms with Crippen molar-refractivity contribution in [3.05, 3.63) is 56.5 Å². The van der Waals surface area contributed by atoms with Crippen molar-refractivity contribution < 1.29 is 22.7 Å². The maximum Gasteiger partial charge on any atom is 0.397 e. The smallest absolute Gasteiger partial charge is 0.397 e. The molecule has 1 aliphatic rings. The number of aromatic nitrogens is 2. The number of ether oxygens (including phenoxy) is 1. The van der Waals surface area contributed by atoms with Gasteiger partial charge in [0.05, 0.1) is 19.3 Å². The van der Waals surface area contributed by atoms with Gasteiger partial charge in [0, 0.05) is 25.4 Å². The summed E-state index contributed by atoms with van der Waals surface area (Å²) in [5.41, 5.74) is 1.20. The molecule has 1 N–H and O–H groups in total. The molecule has 0 radical (unpaired) electrons. The minimum absolute atomic E-state index is 0.160. The lowest BCUT2D eigenvalue weighted by molar-refractivity contribution is 0.0399. The third kappa shape index (κ3) is 5.00. The van der Waals surface area contributed by atoms with Gasteiger partial charge in [0.2, 0.25) is 5.82 Å². The number of hydrogen-bond acceptors (Lipinski definition) is 6. The zero-order chi connectivity index (χ0) is 19.4. The number of nitrogens with one attached hydrogen (secondary N) is 1. The number of methoxy groups -OCH3 is 1. The molecule has 0 spiro atoms. The molecule has 0 fully saturated rings. The minimum Gasteiger partial charge on any atom is -0.426 e. The average Bonchev–Trinajstić information content (AvgIpc) is 2.66. The Morgan fingerprint density at radius 3 is 3.07 bits per heavy atom. The van der Waals surface area contributed by atoms with Crippen LogP contribution in [0, 0.1) is 17.5 Å². The summed E-state index contributed by atoms with van der Waals surface area (Å²) in [6.45, 7) is 3.04. The van der Waals surface area contributed by atoms with Gasteiger partial charge in [-0.1, -0.05) is 18.2 Å². The Morgan fingerprint density at radius 1 is 1.48 bits per heavy atom. The second-order valence-electron chi connectivity index (χ2n) is 6.02. The highest BCUT2D eigenvalue weighted by atomic mass is 32.1. The molecule has 1 aromatic heterocycles. The summed E-state index contributed by atoms with van der Waals surface area (Å²) < 4.78 is 37.6. The van der Waals surface area contributed by atoms with Crippen molar-refractivity contribution in [3.8, 4) is 5.75 Å². The Balaban J connectivity index is 1.54. The van der Waals surface area contributed by atoms with Crippen LogP contribution in [0.25, 0.3) is 0 Å². The highest BCUT2D eigenvalue weighted by Gasteiger charge is 2.25. The number of H-pyrrole nitrogens is 1. The van der Waals surface area contributed by atoms with E-state index >= 15 is 0 Å². The number of hydrogen-bond donors (Lipinski definition) is 1. The first-order chi connectivity index (χ1) is 13.0. The van der Waals surface area contributed by atoms with Crippen LogP contribution in [0.3, 0.4) is 0 Å². The number of rotatable bonds is 7. The molecule has 27 heavy (non-hydrogen) atoms. The van der Waals surface area contributed by atoms with Crippen LogP contribution >= 0.6 is 20.8 Å².